The minimum atomic E-state index is 0.397. The van der Waals surface area contributed by atoms with Gasteiger partial charge in [0.25, 0.3) is 0 Å². The fourth-order valence-electron chi connectivity index (χ4n) is 2.66. The fourth-order valence-corrected chi connectivity index (χ4v) is 2.66. The van der Waals surface area contributed by atoms with E-state index in [-0.39, 0.29) is 0 Å². The normalized spacial score (nSPS) is 23.5. The number of ether oxygens (including phenoxy) is 2. The highest BCUT2D eigenvalue weighted by molar-refractivity contribution is 5.33. The van der Waals surface area contributed by atoms with Gasteiger partial charge in [-0.2, -0.15) is 0 Å². The third-order valence-corrected chi connectivity index (χ3v) is 4.01. The highest BCUT2D eigenvalue weighted by atomic mass is 16.7. The van der Waals surface area contributed by atoms with E-state index in [1.54, 1.807) is 5.56 Å². The Balaban J connectivity index is 0.000000141. The largest absolute Gasteiger partial charge is 0.355 e. The minimum Gasteiger partial charge on any atom is -0.355 e. The Labute approximate surface area is 116 Å². The third-order valence-electron chi connectivity index (χ3n) is 4.01. The van der Waals surface area contributed by atoms with Gasteiger partial charge >= 0.3 is 0 Å². The van der Waals surface area contributed by atoms with E-state index in [9.17, 15) is 0 Å². The van der Waals surface area contributed by atoms with Crippen LogP contribution in [-0.2, 0) is 15.9 Å². The molecule has 2 unspecified atom stereocenters. The first-order valence-electron chi connectivity index (χ1n) is 7.58. The summed E-state index contributed by atoms with van der Waals surface area (Å²) in [4.78, 5) is 0. The second-order valence-corrected chi connectivity index (χ2v) is 5.53. The predicted molar refractivity (Wildman–Crippen MR) is 77.9 cm³/mol. The molecule has 1 fully saturated rings. The Kier molecular flexibility index (Phi) is 5.41. The molecule has 3 rings (SSSR count). The maximum atomic E-state index is 5.32. The summed E-state index contributed by atoms with van der Waals surface area (Å²) in [6, 6.07) is 6.67. The molecular formula is C17H26O2. The van der Waals surface area contributed by atoms with Crippen LogP contribution in [0.25, 0.3) is 0 Å². The SMILES string of the molecule is CCCC1COCOC1C.CCCc1cc2ccc1=2. The lowest BCUT2D eigenvalue weighted by atomic mass is 9.96. The van der Waals surface area contributed by atoms with Gasteiger partial charge in [0, 0.05) is 5.92 Å². The summed E-state index contributed by atoms with van der Waals surface area (Å²) in [5.41, 5.74) is 1.56. The number of aryl methyl sites for hydroxylation is 1. The van der Waals surface area contributed by atoms with Gasteiger partial charge < -0.3 is 9.47 Å². The van der Waals surface area contributed by atoms with Crippen LogP contribution in [0.15, 0.2) is 18.2 Å². The van der Waals surface area contributed by atoms with Gasteiger partial charge in [-0.3, -0.25) is 0 Å². The lowest BCUT2D eigenvalue weighted by Gasteiger charge is -2.28. The first-order valence-corrected chi connectivity index (χ1v) is 7.58. The van der Waals surface area contributed by atoms with E-state index in [2.05, 4.69) is 39.0 Å². The maximum absolute atomic E-state index is 5.32. The summed E-state index contributed by atoms with van der Waals surface area (Å²) >= 11 is 0. The van der Waals surface area contributed by atoms with Crippen molar-refractivity contribution in [3.05, 3.63) is 34.2 Å². The highest BCUT2D eigenvalue weighted by Crippen LogP contribution is 2.18. The van der Waals surface area contributed by atoms with Crippen molar-refractivity contribution in [1.29, 1.82) is 0 Å². The molecule has 106 valence electrons. The van der Waals surface area contributed by atoms with Gasteiger partial charge in [-0.1, -0.05) is 44.9 Å². The summed E-state index contributed by atoms with van der Waals surface area (Å²) < 4.78 is 10.5. The molecule has 19 heavy (non-hydrogen) atoms. The van der Waals surface area contributed by atoms with Crippen LogP contribution in [0.2, 0.25) is 0 Å². The zero-order chi connectivity index (χ0) is 13.7. The quantitative estimate of drug-likeness (QED) is 0.828. The molecule has 0 bridgehead atoms. The van der Waals surface area contributed by atoms with E-state index in [1.165, 1.54) is 36.1 Å². The molecule has 0 aromatic carbocycles. The summed E-state index contributed by atoms with van der Waals surface area (Å²) in [5.74, 6) is 0.624. The van der Waals surface area contributed by atoms with Crippen molar-refractivity contribution in [3.8, 4) is 0 Å². The molecule has 2 aliphatic carbocycles. The van der Waals surface area contributed by atoms with Crippen molar-refractivity contribution in [2.75, 3.05) is 13.4 Å². The number of hydrogen-bond donors (Lipinski definition) is 0. The molecular weight excluding hydrogens is 236 g/mol. The van der Waals surface area contributed by atoms with Gasteiger partial charge in [-0.15, -0.1) is 0 Å². The minimum absolute atomic E-state index is 0.397. The average Bonchev–Trinajstić information content (AvgIpc) is 2.39. The molecule has 0 spiro atoms. The first-order chi connectivity index (χ1) is 9.26. The van der Waals surface area contributed by atoms with Gasteiger partial charge in [-0.25, -0.2) is 0 Å². The van der Waals surface area contributed by atoms with Crippen LogP contribution in [0.4, 0.5) is 0 Å². The van der Waals surface area contributed by atoms with Crippen LogP contribution in [0, 0.1) is 16.4 Å². The predicted octanol–water partition coefficient (Wildman–Crippen LogP) is 4.03. The smallest absolute Gasteiger partial charge is 0.147 e. The second kappa shape index (κ2) is 7.06. The van der Waals surface area contributed by atoms with Gasteiger partial charge in [0.2, 0.25) is 0 Å². The summed E-state index contributed by atoms with van der Waals surface area (Å²) in [5, 5.41) is 3.00. The Morgan fingerprint density at radius 1 is 1.21 bits per heavy atom. The van der Waals surface area contributed by atoms with E-state index in [0.717, 1.165) is 6.61 Å². The van der Waals surface area contributed by atoms with Gasteiger partial charge in [-0.05, 0) is 35.8 Å². The van der Waals surface area contributed by atoms with Crippen LogP contribution in [0.3, 0.4) is 0 Å². The molecule has 0 radical (unpaired) electrons. The van der Waals surface area contributed by atoms with E-state index >= 15 is 0 Å². The molecule has 2 nitrogen and oxygen atoms in total. The monoisotopic (exact) mass is 262 g/mol. The van der Waals surface area contributed by atoms with Crippen LogP contribution in [0.1, 0.15) is 45.6 Å². The van der Waals surface area contributed by atoms with E-state index in [1.807, 2.05) is 0 Å². The van der Waals surface area contributed by atoms with Crippen LogP contribution in [0.5, 0.6) is 0 Å². The van der Waals surface area contributed by atoms with Crippen molar-refractivity contribution in [2.45, 2.75) is 52.6 Å². The van der Waals surface area contributed by atoms with Gasteiger partial charge in [0.05, 0.1) is 12.7 Å². The second-order valence-electron chi connectivity index (χ2n) is 5.53. The zero-order valence-electron chi connectivity index (χ0n) is 12.4. The Hall–Kier alpha value is -0.860. The molecule has 1 aliphatic heterocycles. The van der Waals surface area contributed by atoms with E-state index in [0.29, 0.717) is 18.8 Å². The topological polar surface area (TPSA) is 18.5 Å². The summed E-state index contributed by atoms with van der Waals surface area (Å²) in [7, 11) is 0. The maximum Gasteiger partial charge on any atom is 0.147 e. The lowest BCUT2D eigenvalue weighted by molar-refractivity contribution is -0.164. The average molecular weight is 262 g/mol. The first kappa shape index (κ1) is 14.5. The number of hydrogen-bond acceptors (Lipinski definition) is 2. The Morgan fingerprint density at radius 3 is 2.53 bits per heavy atom. The Bertz CT molecular complexity index is 479. The molecule has 0 amide bonds. The Morgan fingerprint density at radius 2 is 2.05 bits per heavy atom. The van der Waals surface area contributed by atoms with Crippen LogP contribution in [-0.4, -0.2) is 19.5 Å². The molecule has 2 atom stereocenters. The summed E-state index contributed by atoms with van der Waals surface area (Å²) in [6.45, 7) is 7.92. The van der Waals surface area contributed by atoms with Gasteiger partial charge in [0.15, 0.2) is 0 Å². The molecule has 1 saturated heterocycles. The highest BCUT2D eigenvalue weighted by Gasteiger charge is 2.20. The van der Waals surface area contributed by atoms with Crippen molar-refractivity contribution >= 4 is 0 Å². The van der Waals surface area contributed by atoms with Crippen molar-refractivity contribution < 1.29 is 9.47 Å². The molecule has 1 heterocycles. The summed E-state index contributed by atoms with van der Waals surface area (Å²) in [6.07, 6.45) is 5.39. The van der Waals surface area contributed by atoms with Crippen molar-refractivity contribution in [2.24, 2.45) is 5.92 Å². The van der Waals surface area contributed by atoms with Gasteiger partial charge in [0.1, 0.15) is 6.79 Å². The van der Waals surface area contributed by atoms with E-state index in [4.69, 9.17) is 9.47 Å². The molecule has 3 aliphatic rings. The molecule has 0 saturated carbocycles. The van der Waals surface area contributed by atoms with Crippen molar-refractivity contribution in [1.82, 2.24) is 0 Å². The zero-order valence-corrected chi connectivity index (χ0v) is 12.4. The van der Waals surface area contributed by atoms with Crippen LogP contribution < -0.4 is 0 Å². The standard InChI is InChI=1S/C9H10.C8H16O2/c1-2-3-7-6-8-4-5-9(7)8;1-3-4-8-5-9-6-10-7(8)2/h4-6H,2-3H2,1H3;7-8H,3-6H2,1-2H3. The fraction of sp³-hybridized carbons (Fsp3) is 0.647. The number of rotatable bonds is 4. The molecule has 0 aromatic heterocycles. The molecule has 0 aromatic rings. The third kappa shape index (κ3) is 3.58. The molecule has 0 N–H and O–H groups in total. The van der Waals surface area contributed by atoms with E-state index < -0.39 is 0 Å². The number of benzene rings is 1. The lowest BCUT2D eigenvalue weighted by Crippen LogP contribution is -2.31. The van der Waals surface area contributed by atoms with Crippen LogP contribution >= 0.6 is 0 Å². The van der Waals surface area contributed by atoms with Crippen molar-refractivity contribution in [3.63, 3.8) is 0 Å². The molecule has 2 heteroatoms.